The van der Waals surface area contributed by atoms with Gasteiger partial charge in [-0.1, -0.05) is 105 Å². The summed E-state index contributed by atoms with van der Waals surface area (Å²) in [5.41, 5.74) is 5.34. The van der Waals surface area contributed by atoms with Crippen LogP contribution < -0.4 is 47.3 Å². The maximum absolute atomic E-state index is 13.6. The van der Waals surface area contributed by atoms with Crippen LogP contribution >= 0.6 is 0 Å². The fourth-order valence-corrected chi connectivity index (χ4v) is 7.12. The lowest BCUT2D eigenvalue weighted by Crippen LogP contribution is -2.57. The highest BCUT2D eigenvalue weighted by atomic mass is 16.5. The first-order chi connectivity index (χ1) is 30.5. The molecule has 0 fully saturated rings. The van der Waals surface area contributed by atoms with E-state index in [0.29, 0.717) is 5.75 Å². The molecule has 1 aliphatic carbocycles. The number of alkyl carbamates (subject to hydrolysis) is 1. The number of amides is 8. The van der Waals surface area contributed by atoms with Crippen molar-refractivity contribution in [3.8, 4) is 16.9 Å². The molecule has 1 aliphatic rings. The third-order valence-corrected chi connectivity index (χ3v) is 9.95. The maximum atomic E-state index is 13.6. The number of fused-ring (bicyclic) bond motifs is 3. The van der Waals surface area contributed by atoms with Crippen LogP contribution in [0.4, 0.5) is 19.2 Å². The highest BCUT2D eigenvalue weighted by Crippen LogP contribution is 2.44. The van der Waals surface area contributed by atoms with Crippen molar-refractivity contribution in [2.24, 2.45) is 5.92 Å². The summed E-state index contributed by atoms with van der Waals surface area (Å²) in [6, 6.07) is 27.6. The van der Waals surface area contributed by atoms with Crippen LogP contribution in [0.25, 0.3) is 11.1 Å². The van der Waals surface area contributed by atoms with Crippen LogP contribution in [0.15, 0.2) is 103 Å². The van der Waals surface area contributed by atoms with E-state index in [0.717, 1.165) is 33.4 Å². The van der Waals surface area contributed by atoms with Gasteiger partial charge in [0.2, 0.25) is 5.91 Å². The molecule has 4 aromatic carbocycles. The van der Waals surface area contributed by atoms with Crippen LogP contribution in [0.2, 0.25) is 0 Å². The number of benzene rings is 4. The zero-order chi connectivity index (χ0) is 46.2. The van der Waals surface area contributed by atoms with Gasteiger partial charge in [0.15, 0.2) is 0 Å². The van der Waals surface area contributed by atoms with Crippen molar-refractivity contribution in [2.75, 3.05) is 19.9 Å². The number of hydrogen-bond donors (Lipinski definition) is 9. The summed E-state index contributed by atoms with van der Waals surface area (Å²) in [7, 11) is 0. The molecule has 5 rings (SSSR count). The van der Waals surface area contributed by atoms with E-state index in [1.807, 2.05) is 89.2 Å². The molecule has 0 aromatic heterocycles. The molecule has 64 heavy (non-hydrogen) atoms. The maximum Gasteiger partial charge on any atom is 0.407 e. The lowest BCUT2D eigenvalue weighted by Gasteiger charge is -2.23. The summed E-state index contributed by atoms with van der Waals surface area (Å²) in [5, 5.41) is 29.9. The highest BCUT2D eigenvalue weighted by molar-refractivity contribution is 5.87. The minimum absolute atomic E-state index is 0.00487. The molecule has 17 nitrogen and oxygen atoms in total. The number of rotatable bonds is 19. The Labute approximate surface area is 372 Å². The molecular formula is C47H58N8O9. The second-order valence-electron chi connectivity index (χ2n) is 16.7. The van der Waals surface area contributed by atoms with Gasteiger partial charge in [0.1, 0.15) is 36.2 Å². The molecule has 4 aromatic rings. The number of carboxylic acid groups (broad SMARTS) is 1. The third-order valence-electron chi connectivity index (χ3n) is 9.95. The SMILES string of the molecule is CC(C)C[C@H](NC(=O)N[C@@H](Cc1ccccc1)NC(=O)NCNC(=O)NCNC(=O)[C@H](Cc1ccc(OC(C)(C)C)cc1)NC(=O)OCC1c2ccccc2-c2ccccc21)C(=O)O. The smallest absolute Gasteiger partial charge is 0.407 e. The molecule has 0 unspecified atom stereocenters. The van der Waals surface area contributed by atoms with Gasteiger partial charge in [0, 0.05) is 18.8 Å². The fraction of sp³-hybridized carbons (Fsp3) is 0.362. The first kappa shape index (κ1) is 47.7. The molecule has 0 spiro atoms. The summed E-state index contributed by atoms with van der Waals surface area (Å²) in [5.74, 6) is -1.32. The first-order valence-electron chi connectivity index (χ1n) is 21.1. The van der Waals surface area contributed by atoms with Crippen molar-refractivity contribution in [1.82, 2.24) is 42.5 Å². The molecule has 0 heterocycles. The Kier molecular flexibility index (Phi) is 16.9. The Balaban J connectivity index is 1.12. The zero-order valence-electron chi connectivity index (χ0n) is 36.7. The van der Waals surface area contributed by atoms with E-state index in [4.69, 9.17) is 9.47 Å². The van der Waals surface area contributed by atoms with E-state index in [-0.39, 0.29) is 51.0 Å². The number of aliphatic carboxylic acids is 1. The number of nitrogens with one attached hydrogen (secondary N) is 8. The Bertz CT molecular complexity index is 2190. The van der Waals surface area contributed by atoms with Gasteiger partial charge >= 0.3 is 30.2 Å². The van der Waals surface area contributed by atoms with Crippen LogP contribution in [-0.4, -0.2) is 85.0 Å². The first-order valence-corrected chi connectivity index (χ1v) is 21.1. The summed E-state index contributed by atoms with van der Waals surface area (Å²) in [6.45, 7) is 8.85. The minimum atomic E-state index is -1.18. The van der Waals surface area contributed by atoms with E-state index >= 15 is 0 Å². The van der Waals surface area contributed by atoms with E-state index in [1.54, 1.807) is 48.5 Å². The summed E-state index contributed by atoms with van der Waals surface area (Å²) >= 11 is 0. The number of ether oxygens (including phenoxy) is 2. The van der Waals surface area contributed by atoms with E-state index in [9.17, 15) is 33.9 Å². The van der Waals surface area contributed by atoms with Gasteiger partial charge in [-0.3, -0.25) is 4.79 Å². The minimum Gasteiger partial charge on any atom is -0.488 e. The van der Waals surface area contributed by atoms with Crippen molar-refractivity contribution in [1.29, 1.82) is 0 Å². The van der Waals surface area contributed by atoms with Crippen molar-refractivity contribution in [3.63, 3.8) is 0 Å². The average Bonchev–Trinajstić information content (AvgIpc) is 3.56. The molecule has 340 valence electrons. The fourth-order valence-electron chi connectivity index (χ4n) is 7.12. The van der Waals surface area contributed by atoms with Gasteiger partial charge < -0.3 is 57.1 Å². The Morgan fingerprint density at radius 1 is 0.609 bits per heavy atom. The normalized spacial score (nSPS) is 13.2. The predicted molar refractivity (Wildman–Crippen MR) is 240 cm³/mol. The summed E-state index contributed by atoms with van der Waals surface area (Å²) in [4.78, 5) is 76.8. The van der Waals surface area contributed by atoms with E-state index in [2.05, 4.69) is 42.5 Å². The van der Waals surface area contributed by atoms with E-state index < -0.39 is 59.9 Å². The molecule has 0 radical (unpaired) electrons. The highest BCUT2D eigenvalue weighted by Gasteiger charge is 2.30. The second kappa shape index (κ2) is 22.7. The average molecular weight is 879 g/mol. The number of carbonyl (C=O) groups excluding carboxylic acids is 5. The van der Waals surface area contributed by atoms with Crippen LogP contribution in [0.3, 0.4) is 0 Å². The van der Waals surface area contributed by atoms with Gasteiger partial charge in [0.05, 0.1) is 13.3 Å². The molecule has 8 amide bonds. The number of carbonyl (C=O) groups is 6. The van der Waals surface area contributed by atoms with Crippen molar-refractivity contribution in [2.45, 2.75) is 83.6 Å². The molecule has 0 saturated carbocycles. The predicted octanol–water partition coefficient (Wildman–Crippen LogP) is 5.31. The molecule has 3 atom stereocenters. The molecule has 17 heteroatoms. The zero-order valence-corrected chi connectivity index (χ0v) is 36.7. The van der Waals surface area contributed by atoms with Gasteiger partial charge in [-0.05, 0) is 78.6 Å². The van der Waals surface area contributed by atoms with Crippen molar-refractivity contribution in [3.05, 3.63) is 125 Å². The Morgan fingerprint density at radius 3 is 1.75 bits per heavy atom. The molecule has 0 aliphatic heterocycles. The topological polar surface area (TPSA) is 237 Å². The second-order valence-corrected chi connectivity index (χ2v) is 16.7. The molecular weight excluding hydrogens is 821 g/mol. The van der Waals surface area contributed by atoms with Crippen LogP contribution in [0.5, 0.6) is 5.75 Å². The number of carboxylic acids is 1. The van der Waals surface area contributed by atoms with Crippen LogP contribution in [0, 0.1) is 5.92 Å². The van der Waals surface area contributed by atoms with Gasteiger partial charge in [-0.25, -0.2) is 24.0 Å². The lowest BCUT2D eigenvalue weighted by molar-refractivity contribution is -0.139. The van der Waals surface area contributed by atoms with Crippen molar-refractivity contribution < 1.29 is 43.3 Å². The Morgan fingerprint density at radius 2 is 1.16 bits per heavy atom. The number of urea groups is 3. The monoisotopic (exact) mass is 878 g/mol. The Hall–Kier alpha value is -7.30. The standard InChI is InChI=1S/C47H58N8O9/c1-29(2)23-39(42(57)58)52-45(61)55-40(25-30-13-7-6-8-14-30)54-44(60)51-28-50-43(59)49-27-48-41(56)38(24-31-19-21-32(22-20-31)64-47(3,4)5)53-46(62)63-26-37-35-17-11-9-15-33(35)34-16-10-12-18-36(34)37/h6-22,29,37-40H,23-28H2,1-5H3,(H,48,56)(H,53,62)(H,57,58)(H2,49,50,59)(H2,51,54,60)(H2,52,55,61)/t38-,39-,40-/m0/s1. The van der Waals surface area contributed by atoms with Gasteiger partial charge in [0.25, 0.3) is 0 Å². The molecule has 9 N–H and O–H groups in total. The van der Waals surface area contributed by atoms with Crippen LogP contribution in [-0.2, 0) is 27.2 Å². The van der Waals surface area contributed by atoms with Gasteiger partial charge in [-0.15, -0.1) is 0 Å². The lowest BCUT2D eigenvalue weighted by atomic mass is 9.98. The van der Waals surface area contributed by atoms with Gasteiger partial charge in [-0.2, -0.15) is 0 Å². The van der Waals surface area contributed by atoms with E-state index in [1.165, 1.54) is 0 Å². The quantitative estimate of drug-likeness (QED) is 0.0555. The largest absolute Gasteiger partial charge is 0.488 e. The third kappa shape index (κ3) is 15.0. The van der Waals surface area contributed by atoms with Crippen molar-refractivity contribution >= 4 is 36.1 Å². The summed E-state index contributed by atoms with van der Waals surface area (Å²) < 4.78 is 11.7. The molecule has 0 bridgehead atoms. The number of hydrogen-bond acceptors (Lipinski definition) is 8. The molecule has 0 saturated heterocycles. The summed E-state index contributed by atoms with van der Waals surface area (Å²) in [6.07, 6.45) is -1.27. The van der Waals surface area contributed by atoms with Crippen LogP contribution in [0.1, 0.15) is 69.2 Å².